The van der Waals surface area contributed by atoms with E-state index in [1.165, 1.54) is 11.8 Å². The van der Waals surface area contributed by atoms with Crippen molar-refractivity contribution in [2.24, 2.45) is 5.73 Å². The molecule has 7 heteroatoms. The topological polar surface area (TPSA) is 75.4 Å². The molecule has 0 bridgehead atoms. The molecule has 1 aliphatic rings. The van der Waals surface area contributed by atoms with Crippen LogP contribution in [-0.4, -0.2) is 35.1 Å². The van der Waals surface area contributed by atoms with E-state index in [0.717, 1.165) is 35.5 Å². The summed E-state index contributed by atoms with van der Waals surface area (Å²) in [6, 6.07) is 14.9. The van der Waals surface area contributed by atoms with E-state index in [4.69, 9.17) is 17.3 Å². The van der Waals surface area contributed by atoms with Crippen LogP contribution in [0.15, 0.2) is 53.4 Å². The second kappa shape index (κ2) is 9.26. The fourth-order valence-electron chi connectivity index (χ4n) is 3.20. The number of likely N-dealkylation sites (tertiary alicyclic amines) is 1. The number of amides is 2. The van der Waals surface area contributed by atoms with E-state index in [1.54, 1.807) is 0 Å². The number of rotatable bonds is 7. The van der Waals surface area contributed by atoms with Crippen LogP contribution in [0.5, 0.6) is 0 Å². The molecule has 1 aliphatic heterocycles. The first-order chi connectivity index (χ1) is 13.0. The Labute approximate surface area is 168 Å². The van der Waals surface area contributed by atoms with Gasteiger partial charge in [-0.25, -0.2) is 0 Å². The molecule has 142 valence electrons. The number of anilines is 1. The van der Waals surface area contributed by atoms with Crippen LogP contribution in [0.4, 0.5) is 5.69 Å². The Morgan fingerprint density at radius 2 is 1.93 bits per heavy atom. The molecule has 0 aromatic heterocycles. The van der Waals surface area contributed by atoms with Crippen molar-refractivity contribution in [3.05, 3.63) is 59.1 Å². The van der Waals surface area contributed by atoms with E-state index >= 15 is 0 Å². The Morgan fingerprint density at radius 1 is 1.19 bits per heavy atom. The number of hydrogen-bond acceptors (Lipinski definition) is 4. The predicted octanol–water partition coefficient (Wildman–Crippen LogP) is 3.52. The molecule has 0 saturated carbocycles. The van der Waals surface area contributed by atoms with Gasteiger partial charge in [-0.3, -0.25) is 14.5 Å². The molecule has 1 fully saturated rings. The average Bonchev–Trinajstić information content (AvgIpc) is 3.11. The summed E-state index contributed by atoms with van der Waals surface area (Å²) in [4.78, 5) is 27.0. The summed E-state index contributed by atoms with van der Waals surface area (Å²) in [7, 11) is 0. The molecule has 1 atom stereocenters. The second-order valence-electron chi connectivity index (χ2n) is 6.48. The number of carbonyl (C=O) groups is 2. The maximum atomic E-state index is 12.4. The zero-order chi connectivity index (χ0) is 19.2. The Balaban J connectivity index is 1.60. The number of nitrogens with two attached hydrogens (primary N) is 1. The fourth-order valence-corrected chi connectivity index (χ4v) is 4.03. The third kappa shape index (κ3) is 5.48. The number of primary amides is 1. The first-order valence-corrected chi connectivity index (χ1v) is 10.2. The van der Waals surface area contributed by atoms with E-state index < -0.39 is 0 Å². The highest BCUT2D eigenvalue weighted by molar-refractivity contribution is 8.00. The van der Waals surface area contributed by atoms with Crippen LogP contribution in [0.3, 0.4) is 0 Å². The van der Waals surface area contributed by atoms with Crippen molar-refractivity contribution in [1.29, 1.82) is 0 Å². The molecule has 2 aromatic rings. The third-order valence-electron chi connectivity index (χ3n) is 4.54. The Hall–Kier alpha value is -2.02. The lowest BCUT2D eigenvalue weighted by atomic mass is 10.1. The lowest BCUT2D eigenvalue weighted by molar-refractivity contribution is -0.122. The third-order valence-corrected chi connectivity index (χ3v) is 5.80. The number of nitrogens with zero attached hydrogens (tertiary/aromatic N) is 1. The minimum atomic E-state index is -0.284. The van der Waals surface area contributed by atoms with Gasteiger partial charge in [-0.15, -0.1) is 11.8 Å². The lowest BCUT2D eigenvalue weighted by Gasteiger charge is -2.23. The number of halogens is 1. The fraction of sp³-hybridized carbons (Fsp3) is 0.300. The van der Waals surface area contributed by atoms with Gasteiger partial charge in [0.15, 0.2) is 0 Å². The number of nitrogens with one attached hydrogen (secondary N) is 1. The summed E-state index contributed by atoms with van der Waals surface area (Å²) in [6.07, 6.45) is 1.75. The molecular formula is C20H22ClN3O2S. The molecule has 2 aromatic carbocycles. The van der Waals surface area contributed by atoms with Crippen molar-refractivity contribution in [2.45, 2.75) is 30.3 Å². The first kappa shape index (κ1) is 19.7. The smallest absolute Gasteiger partial charge is 0.234 e. The van der Waals surface area contributed by atoms with Gasteiger partial charge in [0, 0.05) is 22.2 Å². The van der Waals surface area contributed by atoms with Crippen molar-refractivity contribution in [3.8, 4) is 0 Å². The number of thioether (sulfide) groups is 1. The van der Waals surface area contributed by atoms with Crippen LogP contribution in [0.1, 0.15) is 18.4 Å². The van der Waals surface area contributed by atoms with Crippen LogP contribution in [0.25, 0.3) is 0 Å². The average molecular weight is 404 g/mol. The molecule has 1 unspecified atom stereocenters. The highest BCUT2D eigenvalue weighted by Crippen LogP contribution is 2.25. The standard InChI is InChI=1S/C20H22ClN3O2S/c21-15-7-9-16(10-8-15)27-13-19(25)23-17-5-2-1-4-14(17)12-24-11-3-6-18(24)20(22)26/h1-2,4-5,7-10,18H,3,6,11-13H2,(H2,22,26)(H,23,25). The molecule has 27 heavy (non-hydrogen) atoms. The van der Waals surface area contributed by atoms with Gasteiger partial charge in [0.25, 0.3) is 0 Å². The molecular weight excluding hydrogens is 382 g/mol. The molecule has 0 spiro atoms. The highest BCUT2D eigenvalue weighted by Gasteiger charge is 2.29. The Morgan fingerprint density at radius 3 is 2.67 bits per heavy atom. The molecule has 1 heterocycles. The van der Waals surface area contributed by atoms with Crippen LogP contribution >= 0.6 is 23.4 Å². The molecule has 1 saturated heterocycles. The number of hydrogen-bond donors (Lipinski definition) is 2. The van der Waals surface area contributed by atoms with Crippen molar-refractivity contribution < 1.29 is 9.59 Å². The quantitative estimate of drug-likeness (QED) is 0.693. The van der Waals surface area contributed by atoms with Gasteiger partial charge in [0.2, 0.25) is 11.8 Å². The monoisotopic (exact) mass is 403 g/mol. The van der Waals surface area contributed by atoms with Crippen LogP contribution in [-0.2, 0) is 16.1 Å². The van der Waals surface area contributed by atoms with Crippen molar-refractivity contribution in [3.63, 3.8) is 0 Å². The van der Waals surface area contributed by atoms with E-state index in [-0.39, 0.29) is 17.9 Å². The molecule has 3 rings (SSSR count). The minimum absolute atomic E-state index is 0.0738. The largest absolute Gasteiger partial charge is 0.368 e. The number of benzene rings is 2. The van der Waals surface area contributed by atoms with Gasteiger partial charge in [-0.05, 0) is 55.3 Å². The van der Waals surface area contributed by atoms with E-state index in [2.05, 4.69) is 10.2 Å². The van der Waals surface area contributed by atoms with Gasteiger partial charge in [0.05, 0.1) is 11.8 Å². The second-order valence-corrected chi connectivity index (χ2v) is 7.96. The molecule has 0 radical (unpaired) electrons. The van der Waals surface area contributed by atoms with Crippen molar-refractivity contribution >= 4 is 40.9 Å². The van der Waals surface area contributed by atoms with Crippen LogP contribution in [0.2, 0.25) is 5.02 Å². The molecule has 5 nitrogen and oxygen atoms in total. The van der Waals surface area contributed by atoms with Crippen molar-refractivity contribution in [2.75, 3.05) is 17.6 Å². The zero-order valence-corrected chi connectivity index (χ0v) is 16.4. The van der Waals surface area contributed by atoms with E-state index in [0.29, 0.717) is 17.3 Å². The first-order valence-electron chi connectivity index (χ1n) is 8.82. The summed E-state index contributed by atoms with van der Waals surface area (Å²) in [5, 5.41) is 3.66. The van der Waals surface area contributed by atoms with Gasteiger partial charge in [0.1, 0.15) is 0 Å². The molecule has 0 aliphatic carbocycles. The normalized spacial score (nSPS) is 17.0. The Bertz CT molecular complexity index is 813. The Kier molecular flexibility index (Phi) is 6.77. The number of para-hydroxylation sites is 1. The molecule has 3 N–H and O–H groups in total. The molecule has 2 amide bonds. The SMILES string of the molecule is NC(=O)C1CCCN1Cc1ccccc1NC(=O)CSc1ccc(Cl)cc1. The van der Waals surface area contributed by atoms with Gasteiger partial charge < -0.3 is 11.1 Å². The van der Waals surface area contributed by atoms with Crippen LogP contribution in [0, 0.1) is 0 Å². The van der Waals surface area contributed by atoms with Crippen molar-refractivity contribution in [1.82, 2.24) is 4.90 Å². The zero-order valence-electron chi connectivity index (χ0n) is 14.9. The summed E-state index contributed by atoms with van der Waals surface area (Å²) in [5.41, 5.74) is 7.26. The minimum Gasteiger partial charge on any atom is -0.368 e. The lowest BCUT2D eigenvalue weighted by Crippen LogP contribution is -2.39. The van der Waals surface area contributed by atoms with Gasteiger partial charge >= 0.3 is 0 Å². The summed E-state index contributed by atoms with van der Waals surface area (Å²) in [6.45, 7) is 1.43. The maximum absolute atomic E-state index is 12.4. The van der Waals surface area contributed by atoms with Gasteiger partial charge in [-0.2, -0.15) is 0 Å². The summed E-state index contributed by atoms with van der Waals surface area (Å²) in [5.74, 6) is -0.0486. The number of carbonyl (C=O) groups excluding carboxylic acids is 2. The van der Waals surface area contributed by atoms with E-state index in [1.807, 2.05) is 48.5 Å². The summed E-state index contributed by atoms with van der Waals surface area (Å²) < 4.78 is 0. The van der Waals surface area contributed by atoms with Gasteiger partial charge in [-0.1, -0.05) is 29.8 Å². The maximum Gasteiger partial charge on any atom is 0.234 e. The van der Waals surface area contributed by atoms with Crippen LogP contribution < -0.4 is 11.1 Å². The predicted molar refractivity (Wildman–Crippen MR) is 110 cm³/mol. The summed E-state index contributed by atoms with van der Waals surface area (Å²) >= 11 is 7.33. The van der Waals surface area contributed by atoms with E-state index in [9.17, 15) is 9.59 Å². The highest BCUT2D eigenvalue weighted by atomic mass is 35.5.